The van der Waals surface area contributed by atoms with Crippen molar-refractivity contribution in [3.05, 3.63) is 35.9 Å². The van der Waals surface area contributed by atoms with Crippen molar-refractivity contribution in [2.24, 2.45) is 5.41 Å². The van der Waals surface area contributed by atoms with Crippen LogP contribution in [0.1, 0.15) is 65.9 Å². The summed E-state index contributed by atoms with van der Waals surface area (Å²) in [6.45, 7) is 10.3. The van der Waals surface area contributed by atoms with E-state index < -0.39 is 11.6 Å². The number of hydrogen-bond donors (Lipinski definition) is 0. The number of hydrogen-bond acceptors (Lipinski definition) is 4. The Morgan fingerprint density at radius 2 is 1.64 bits per heavy atom. The highest BCUT2D eigenvalue weighted by molar-refractivity contribution is 5.68. The fraction of sp³-hybridized carbons (Fsp3) is 0.611. The minimum absolute atomic E-state index is 0.295. The Balaban J connectivity index is 2.22. The highest BCUT2D eigenvalue weighted by Crippen LogP contribution is 2.25. The number of carbonyl (C=O) groups excluding carboxylic acids is 1. The molecule has 0 aliphatic heterocycles. The molecule has 22 heavy (non-hydrogen) atoms. The Bertz CT molecular complexity index is 446. The summed E-state index contributed by atoms with van der Waals surface area (Å²) in [5, 5.41) is 4.66. The maximum atomic E-state index is 11.6. The average molecular weight is 308 g/mol. The summed E-state index contributed by atoms with van der Waals surface area (Å²) >= 11 is 0. The monoisotopic (exact) mass is 308 g/mol. The summed E-state index contributed by atoms with van der Waals surface area (Å²) in [5.41, 5.74) is 0.549. The van der Waals surface area contributed by atoms with E-state index in [1.807, 2.05) is 44.2 Å². The molecule has 1 rings (SSSR count). The molecule has 0 spiro atoms. The highest BCUT2D eigenvalue weighted by Gasteiger charge is 2.24. The zero-order chi connectivity index (χ0) is 16.6. The van der Waals surface area contributed by atoms with Gasteiger partial charge in [-0.3, -0.25) is 4.89 Å². The lowest BCUT2D eigenvalue weighted by atomic mass is 9.89. The van der Waals surface area contributed by atoms with E-state index in [9.17, 15) is 4.79 Å². The van der Waals surface area contributed by atoms with Crippen LogP contribution in [0.15, 0.2) is 30.3 Å². The maximum Gasteiger partial charge on any atom is 0.345 e. The van der Waals surface area contributed by atoms with Crippen molar-refractivity contribution in [2.75, 3.05) is 0 Å². The van der Waals surface area contributed by atoms with E-state index in [-0.39, 0.29) is 0 Å². The second-order valence-corrected chi connectivity index (χ2v) is 7.25. The minimum atomic E-state index is -0.687. The van der Waals surface area contributed by atoms with E-state index in [1.54, 1.807) is 0 Å². The van der Waals surface area contributed by atoms with Gasteiger partial charge in [0.15, 0.2) is 0 Å². The molecule has 4 heteroatoms. The molecule has 1 aromatic carbocycles. The van der Waals surface area contributed by atoms with Gasteiger partial charge < -0.3 is 0 Å². The lowest BCUT2D eigenvalue weighted by Gasteiger charge is -2.22. The van der Waals surface area contributed by atoms with Gasteiger partial charge in [0.05, 0.1) is 0 Å². The van der Waals surface area contributed by atoms with Crippen LogP contribution in [-0.2, 0) is 25.2 Å². The first-order valence-electron chi connectivity index (χ1n) is 7.81. The minimum Gasteiger partial charge on any atom is -0.269 e. The molecule has 0 aliphatic rings. The van der Waals surface area contributed by atoms with Crippen molar-refractivity contribution in [3.8, 4) is 0 Å². The molecule has 0 fully saturated rings. The van der Waals surface area contributed by atoms with Crippen LogP contribution in [0.25, 0.3) is 0 Å². The van der Waals surface area contributed by atoms with Crippen LogP contribution < -0.4 is 0 Å². The standard InChI is InChI=1S/C18H28O4/c1-17(2,3)14-10-9-13-16(19)20-22-21-18(4,5)15-11-7-6-8-12-15/h6-8,11-12H,9-10,13-14H2,1-5H3. The van der Waals surface area contributed by atoms with Crippen molar-refractivity contribution in [1.82, 2.24) is 0 Å². The molecule has 0 heterocycles. The van der Waals surface area contributed by atoms with Gasteiger partial charge in [0.1, 0.15) is 5.60 Å². The molecule has 4 nitrogen and oxygen atoms in total. The van der Waals surface area contributed by atoms with Gasteiger partial charge in [0.25, 0.3) is 0 Å². The van der Waals surface area contributed by atoms with Crippen molar-refractivity contribution in [3.63, 3.8) is 0 Å². The molecule has 1 aromatic rings. The Labute approximate surface area is 133 Å². The third kappa shape index (κ3) is 7.57. The smallest absolute Gasteiger partial charge is 0.269 e. The van der Waals surface area contributed by atoms with Crippen molar-refractivity contribution in [2.45, 2.75) is 65.9 Å². The Morgan fingerprint density at radius 1 is 1.00 bits per heavy atom. The SMILES string of the molecule is CC(C)(C)CCCCC(=O)OOOC(C)(C)c1ccccc1. The summed E-state index contributed by atoms with van der Waals surface area (Å²) in [5.74, 6) is -0.405. The fourth-order valence-corrected chi connectivity index (χ4v) is 1.99. The van der Waals surface area contributed by atoms with Crippen LogP contribution in [0, 0.1) is 5.41 Å². The molecule has 0 atom stereocenters. The normalized spacial score (nSPS) is 12.2. The molecule has 0 radical (unpaired) electrons. The summed E-state index contributed by atoms with van der Waals surface area (Å²) in [6.07, 6.45) is 3.21. The first kappa shape index (κ1) is 18.7. The lowest BCUT2D eigenvalue weighted by Crippen LogP contribution is -2.22. The van der Waals surface area contributed by atoms with Gasteiger partial charge in [-0.15, -0.1) is 0 Å². The van der Waals surface area contributed by atoms with E-state index in [2.05, 4.69) is 30.7 Å². The van der Waals surface area contributed by atoms with Gasteiger partial charge in [-0.25, -0.2) is 4.79 Å². The molecule has 0 unspecified atom stereocenters. The van der Waals surface area contributed by atoms with Crippen LogP contribution in [0.3, 0.4) is 0 Å². The third-order valence-corrected chi connectivity index (χ3v) is 3.40. The molecule has 0 aliphatic carbocycles. The molecule has 0 saturated carbocycles. The van der Waals surface area contributed by atoms with Gasteiger partial charge in [-0.05, 0) is 42.7 Å². The lowest BCUT2D eigenvalue weighted by molar-refractivity contribution is -0.520. The van der Waals surface area contributed by atoms with Gasteiger partial charge in [-0.1, -0.05) is 57.5 Å². The molecule has 124 valence electrons. The second-order valence-electron chi connectivity index (χ2n) is 7.25. The zero-order valence-corrected chi connectivity index (χ0v) is 14.3. The van der Waals surface area contributed by atoms with Crippen LogP contribution in [0.5, 0.6) is 0 Å². The Kier molecular flexibility index (Phi) is 7.04. The fourth-order valence-electron chi connectivity index (χ4n) is 1.99. The molecule has 0 saturated heterocycles. The molecule has 0 amide bonds. The van der Waals surface area contributed by atoms with E-state index >= 15 is 0 Å². The van der Waals surface area contributed by atoms with Crippen molar-refractivity contribution < 1.29 is 19.6 Å². The van der Waals surface area contributed by atoms with Gasteiger partial charge in [-0.2, -0.15) is 4.89 Å². The Morgan fingerprint density at radius 3 is 2.23 bits per heavy atom. The van der Waals surface area contributed by atoms with Crippen molar-refractivity contribution >= 4 is 5.97 Å². The van der Waals surface area contributed by atoms with Gasteiger partial charge >= 0.3 is 5.97 Å². The largest absolute Gasteiger partial charge is 0.345 e. The molecular weight excluding hydrogens is 280 g/mol. The predicted molar refractivity (Wildman–Crippen MR) is 85.7 cm³/mol. The van der Waals surface area contributed by atoms with Crippen LogP contribution >= 0.6 is 0 Å². The van der Waals surface area contributed by atoms with Crippen molar-refractivity contribution in [1.29, 1.82) is 0 Å². The Hall–Kier alpha value is -1.39. The first-order valence-corrected chi connectivity index (χ1v) is 7.81. The summed E-state index contributed by atoms with van der Waals surface area (Å²) in [7, 11) is 0. The average Bonchev–Trinajstić information content (AvgIpc) is 2.43. The van der Waals surface area contributed by atoms with Gasteiger partial charge in [0.2, 0.25) is 0 Å². The van der Waals surface area contributed by atoms with E-state index in [0.717, 1.165) is 24.8 Å². The molecule has 0 bridgehead atoms. The quantitative estimate of drug-likeness (QED) is 0.388. The molecular formula is C18H28O4. The predicted octanol–water partition coefficient (Wildman–Crippen LogP) is 4.93. The summed E-state index contributed by atoms with van der Waals surface area (Å²) in [6, 6.07) is 9.62. The summed E-state index contributed by atoms with van der Waals surface area (Å²) < 4.78 is 0. The third-order valence-electron chi connectivity index (χ3n) is 3.40. The van der Waals surface area contributed by atoms with Gasteiger partial charge in [0, 0.05) is 6.42 Å². The summed E-state index contributed by atoms with van der Waals surface area (Å²) in [4.78, 5) is 21.4. The molecule has 0 aromatic heterocycles. The number of carbonyl (C=O) groups is 1. The number of rotatable bonds is 8. The van der Waals surface area contributed by atoms with E-state index in [0.29, 0.717) is 11.8 Å². The zero-order valence-electron chi connectivity index (χ0n) is 14.3. The first-order chi connectivity index (χ1) is 10.2. The van der Waals surface area contributed by atoms with Crippen LogP contribution in [0.4, 0.5) is 0 Å². The topological polar surface area (TPSA) is 44.8 Å². The highest BCUT2D eigenvalue weighted by atomic mass is 17.5. The van der Waals surface area contributed by atoms with Crippen LogP contribution in [0.2, 0.25) is 0 Å². The number of unbranched alkanes of at least 4 members (excludes halogenated alkanes) is 1. The van der Waals surface area contributed by atoms with E-state index in [1.165, 1.54) is 0 Å². The van der Waals surface area contributed by atoms with E-state index in [4.69, 9.17) is 4.89 Å². The van der Waals surface area contributed by atoms with Crippen LogP contribution in [-0.4, -0.2) is 5.97 Å². The second kappa shape index (κ2) is 8.30. The maximum absolute atomic E-state index is 11.6. The number of benzene rings is 1. The molecule has 0 N–H and O–H groups in total.